The summed E-state index contributed by atoms with van der Waals surface area (Å²) in [6, 6.07) is 0. The second kappa shape index (κ2) is 9.61. The first-order chi connectivity index (χ1) is 13.9. The maximum absolute atomic E-state index is 12.3. The van der Waals surface area contributed by atoms with Crippen LogP contribution in [0.5, 0.6) is 0 Å². The van der Waals surface area contributed by atoms with E-state index in [0.717, 1.165) is 0 Å². The highest BCUT2D eigenvalue weighted by atomic mass is 28.4. The summed E-state index contributed by atoms with van der Waals surface area (Å²) in [6.07, 6.45) is 2.69. The summed E-state index contributed by atoms with van der Waals surface area (Å²) in [7, 11) is -2.07. The largest absolute Gasteiger partial charge is 0.466 e. The average molecular weight is 441 g/mol. The lowest BCUT2D eigenvalue weighted by Gasteiger charge is -2.39. The van der Waals surface area contributed by atoms with Crippen molar-refractivity contribution in [3.05, 3.63) is 32.6 Å². The average Bonchev–Trinajstić information content (AvgIpc) is 2.99. The number of carbonyl (C=O) groups excluding carboxylic acids is 1. The lowest BCUT2D eigenvalue weighted by Crippen LogP contribution is -2.45. The first-order valence-corrected chi connectivity index (χ1v) is 13.6. The van der Waals surface area contributed by atoms with E-state index in [2.05, 4.69) is 38.8 Å². The van der Waals surface area contributed by atoms with Crippen LogP contribution in [-0.4, -0.2) is 42.7 Å². The zero-order valence-corrected chi connectivity index (χ0v) is 20.2. The van der Waals surface area contributed by atoms with E-state index in [1.807, 2.05) is 0 Å². The fourth-order valence-corrected chi connectivity index (χ4v) is 4.65. The van der Waals surface area contributed by atoms with E-state index in [0.29, 0.717) is 37.9 Å². The van der Waals surface area contributed by atoms with Gasteiger partial charge in [0.15, 0.2) is 8.32 Å². The van der Waals surface area contributed by atoms with Gasteiger partial charge in [-0.1, -0.05) is 20.8 Å². The summed E-state index contributed by atoms with van der Waals surface area (Å²) in [6.45, 7) is 14.7. The number of carbonyl (C=O) groups is 1. The van der Waals surface area contributed by atoms with Gasteiger partial charge in [-0.15, -0.1) is 0 Å². The van der Waals surface area contributed by atoms with Gasteiger partial charge in [0, 0.05) is 24.6 Å². The summed E-state index contributed by atoms with van der Waals surface area (Å²) in [5.41, 5.74) is -0.436. The SMILES string of the molecule is CCOC(=O)CCC[C@H]1O[C@@H](n2cc(C)c(=O)[nH]c2=O)CC1O[Si](C)(C)C(C)(C)C. The fraction of sp³-hybridized carbons (Fsp3) is 0.762. The van der Waals surface area contributed by atoms with E-state index < -0.39 is 25.8 Å². The van der Waals surface area contributed by atoms with Gasteiger partial charge in [-0.2, -0.15) is 0 Å². The smallest absolute Gasteiger partial charge is 0.330 e. The molecule has 1 aromatic heterocycles. The van der Waals surface area contributed by atoms with Crippen LogP contribution in [0.1, 0.15) is 65.2 Å². The molecule has 0 amide bonds. The van der Waals surface area contributed by atoms with E-state index in [1.54, 1.807) is 13.8 Å². The summed E-state index contributed by atoms with van der Waals surface area (Å²) >= 11 is 0. The minimum absolute atomic E-state index is 0.0337. The molecular formula is C21H36N2O6Si. The third kappa shape index (κ3) is 5.92. The molecule has 0 bridgehead atoms. The monoisotopic (exact) mass is 440 g/mol. The molecule has 0 aliphatic carbocycles. The maximum Gasteiger partial charge on any atom is 0.330 e. The van der Waals surface area contributed by atoms with Crippen molar-refractivity contribution in [1.29, 1.82) is 0 Å². The number of nitrogens with zero attached hydrogens (tertiary/aromatic N) is 1. The number of H-pyrrole nitrogens is 1. The van der Waals surface area contributed by atoms with Crippen LogP contribution >= 0.6 is 0 Å². The zero-order chi connectivity index (χ0) is 22.7. The van der Waals surface area contributed by atoms with E-state index in [4.69, 9.17) is 13.9 Å². The van der Waals surface area contributed by atoms with Gasteiger partial charge in [-0.05, 0) is 44.8 Å². The van der Waals surface area contributed by atoms with Gasteiger partial charge in [0.25, 0.3) is 5.56 Å². The van der Waals surface area contributed by atoms with Crippen molar-refractivity contribution in [2.24, 2.45) is 0 Å². The van der Waals surface area contributed by atoms with Crippen LogP contribution in [0, 0.1) is 6.92 Å². The molecule has 0 aromatic carbocycles. The van der Waals surface area contributed by atoms with Crippen LogP contribution in [0.2, 0.25) is 18.1 Å². The lowest BCUT2D eigenvalue weighted by molar-refractivity contribution is -0.143. The highest BCUT2D eigenvalue weighted by Gasteiger charge is 2.45. The first-order valence-electron chi connectivity index (χ1n) is 10.7. The second-order valence-electron chi connectivity index (χ2n) is 9.46. The molecule has 3 atom stereocenters. The number of esters is 1. The zero-order valence-electron chi connectivity index (χ0n) is 19.2. The quantitative estimate of drug-likeness (QED) is 0.492. The number of ether oxygens (including phenoxy) is 2. The lowest BCUT2D eigenvalue weighted by atomic mass is 10.1. The van der Waals surface area contributed by atoms with E-state index in [1.165, 1.54) is 10.8 Å². The van der Waals surface area contributed by atoms with Gasteiger partial charge >= 0.3 is 11.7 Å². The Hall–Kier alpha value is -1.71. The number of aromatic amines is 1. The van der Waals surface area contributed by atoms with Crippen LogP contribution < -0.4 is 11.2 Å². The standard InChI is InChI=1S/C21H36N2O6Si/c1-8-27-18(24)11-9-10-15-16(29-30(6,7)21(3,4)5)12-17(28-15)23-13-14(2)19(25)22-20(23)26/h13,15-17H,8-12H2,1-7H3,(H,22,25,26)/t15-,16?,17-/m1/s1. The van der Waals surface area contributed by atoms with Crippen LogP contribution in [-0.2, 0) is 18.7 Å². The van der Waals surface area contributed by atoms with E-state index in [9.17, 15) is 14.4 Å². The Labute approximate surface area is 179 Å². The Morgan fingerprint density at radius 2 is 2.00 bits per heavy atom. The normalized spacial score (nSPS) is 22.3. The van der Waals surface area contributed by atoms with Crippen molar-refractivity contribution in [3.63, 3.8) is 0 Å². The number of hydrogen-bond acceptors (Lipinski definition) is 6. The molecule has 170 valence electrons. The molecule has 1 saturated heterocycles. The predicted octanol–water partition coefficient (Wildman–Crippen LogP) is 3.26. The summed E-state index contributed by atoms with van der Waals surface area (Å²) in [4.78, 5) is 38.1. The molecule has 2 rings (SSSR count). The fourth-order valence-electron chi connectivity index (χ4n) is 3.29. The summed E-state index contributed by atoms with van der Waals surface area (Å²) in [5.74, 6) is -0.221. The number of hydrogen-bond donors (Lipinski definition) is 1. The Bertz CT molecular complexity index is 854. The number of rotatable bonds is 8. The van der Waals surface area contributed by atoms with Crippen LogP contribution in [0.3, 0.4) is 0 Å². The molecule has 1 aliphatic rings. The molecule has 9 heteroatoms. The van der Waals surface area contributed by atoms with Gasteiger partial charge in [-0.25, -0.2) is 4.79 Å². The van der Waals surface area contributed by atoms with Crippen molar-refractivity contribution in [1.82, 2.24) is 9.55 Å². The minimum Gasteiger partial charge on any atom is -0.466 e. The molecule has 1 unspecified atom stereocenters. The molecule has 1 fully saturated rings. The molecular weight excluding hydrogens is 404 g/mol. The van der Waals surface area contributed by atoms with Crippen molar-refractivity contribution < 1.29 is 18.7 Å². The summed E-state index contributed by atoms with van der Waals surface area (Å²) < 4.78 is 19.3. The van der Waals surface area contributed by atoms with E-state index >= 15 is 0 Å². The second-order valence-corrected chi connectivity index (χ2v) is 14.2. The number of aromatic nitrogens is 2. The molecule has 8 nitrogen and oxygen atoms in total. The van der Waals surface area contributed by atoms with Crippen molar-refractivity contribution in [2.45, 2.75) is 96.9 Å². The molecule has 1 N–H and O–H groups in total. The Morgan fingerprint density at radius 3 is 2.60 bits per heavy atom. The maximum atomic E-state index is 12.3. The molecule has 0 radical (unpaired) electrons. The minimum atomic E-state index is -2.07. The van der Waals surface area contributed by atoms with Gasteiger partial charge in [0.05, 0.1) is 18.8 Å². The molecule has 0 spiro atoms. The highest BCUT2D eigenvalue weighted by molar-refractivity contribution is 6.74. The van der Waals surface area contributed by atoms with Gasteiger partial charge in [-0.3, -0.25) is 19.1 Å². The highest BCUT2D eigenvalue weighted by Crippen LogP contribution is 2.41. The molecule has 0 saturated carbocycles. The third-order valence-electron chi connectivity index (χ3n) is 6.06. The molecule has 1 aromatic rings. The number of aryl methyl sites for hydroxylation is 1. The first kappa shape index (κ1) is 24.6. The third-order valence-corrected chi connectivity index (χ3v) is 10.6. The Balaban J connectivity index is 2.20. The van der Waals surface area contributed by atoms with Gasteiger partial charge in [0.1, 0.15) is 6.23 Å². The van der Waals surface area contributed by atoms with Crippen LogP contribution in [0.4, 0.5) is 0 Å². The Morgan fingerprint density at radius 1 is 1.33 bits per heavy atom. The van der Waals surface area contributed by atoms with E-state index in [-0.39, 0.29) is 23.2 Å². The van der Waals surface area contributed by atoms with Crippen LogP contribution in [0.15, 0.2) is 15.8 Å². The predicted molar refractivity (Wildman–Crippen MR) is 117 cm³/mol. The van der Waals surface area contributed by atoms with Crippen molar-refractivity contribution >= 4 is 14.3 Å². The number of nitrogens with one attached hydrogen (secondary N) is 1. The topological polar surface area (TPSA) is 99.6 Å². The van der Waals surface area contributed by atoms with Crippen LogP contribution in [0.25, 0.3) is 0 Å². The Kier molecular flexibility index (Phi) is 7.87. The summed E-state index contributed by atoms with van der Waals surface area (Å²) in [5, 5.41) is 0.0337. The molecule has 2 heterocycles. The van der Waals surface area contributed by atoms with Crippen molar-refractivity contribution in [3.8, 4) is 0 Å². The molecule has 30 heavy (non-hydrogen) atoms. The van der Waals surface area contributed by atoms with Gasteiger partial charge in [0.2, 0.25) is 0 Å². The molecule has 1 aliphatic heterocycles. The van der Waals surface area contributed by atoms with Crippen molar-refractivity contribution in [2.75, 3.05) is 6.61 Å². The van der Waals surface area contributed by atoms with Gasteiger partial charge < -0.3 is 13.9 Å².